The van der Waals surface area contributed by atoms with Crippen molar-refractivity contribution < 1.29 is 14.4 Å². The van der Waals surface area contributed by atoms with Crippen LogP contribution in [-0.2, 0) is 6.42 Å². The van der Waals surface area contributed by atoms with Gasteiger partial charge in [0, 0.05) is 16.5 Å². The van der Waals surface area contributed by atoms with Crippen molar-refractivity contribution in [3.8, 4) is 0 Å². The number of nitrogens with one attached hydrogen (secondary N) is 1. The number of oxime groups is 1. The number of hydrogen-bond acceptors (Lipinski definition) is 4. The number of aryl methyl sites for hydroxylation is 1. The summed E-state index contributed by atoms with van der Waals surface area (Å²) in [5.41, 5.74) is 6.95. The van der Waals surface area contributed by atoms with Gasteiger partial charge in [0.15, 0.2) is 5.84 Å². The van der Waals surface area contributed by atoms with Gasteiger partial charge in [-0.15, -0.1) is 0 Å². The van der Waals surface area contributed by atoms with Crippen LogP contribution in [0.5, 0.6) is 0 Å². The van der Waals surface area contributed by atoms with Crippen LogP contribution in [-0.4, -0.2) is 17.0 Å². The number of carbonyl (C=O) groups excluding carboxylic acids is 1. The minimum atomic E-state index is -0.310. The Kier molecular flexibility index (Phi) is 4.64. The fourth-order valence-electron chi connectivity index (χ4n) is 1.90. The van der Waals surface area contributed by atoms with Gasteiger partial charge in [0.1, 0.15) is 5.76 Å². The minimum Gasteiger partial charge on any atom is -0.469 e. The summed E-state index contributed by atoms with van der Waals surface area (Å²) in [5, 5.41) is 14.5. The Morgan fingerprint density at radius 2 is 2.19 bits per heavy atom. The van der Waals surface area contributed by atoms with Crippen molar-refractivity contribution in [3.05, 3.63) is 51.9 Å². The van der Waals surface area contributed by atoms with Crippen molar-refractivity contribution in [2.45, 2.75) is 13.3 Å². The van der Waals surface area contributed by atoms with Gasteiger partial charge in [0.2, 0.25) is 0 Å². The predicted octanol–water partition coefficient (Wildman–Crippen LogP) is 2.95. The second-order valence-electron chi connectivity index (χ2n) is 4.24. The van der Waals surface area contributed by atoms with E-state index in [1.807, 2.05) is 6.92 Å². The van der Waals surface area contributed by atoms with E-state index < -0.39 is 0 Å². The summed E-state index contributed by atoms with van der Waals surface area (Å²) >= 11 is 3.30. The largest absolute Gasteiger partial charge is 0.469 e. The van der Waals surface area contributed by atoms with E-state index in [1.165, 1.54) is 6.26 Å². The number of anilines is 1. The van der Waals surface area contributed by atoms with Gasteiger partial charge in [-0.1, -0.05) is 28.0 Å². The molecule has 0 fully saturated rings. The highest BCUT2D eigenvalue weighted by Gasteiger charge is 2.16. The number of nitrogens with zero attached hydrogens (tertiary/aromatic N) is 1. The molecule has 0 bridgehead atoms. The summed E-state index contributed by atoms with van der Waals surface area (Å²) in [6.45, 7) is 1.90. The first kappa shape index (κ1) is 15.1. The summed E-state index contributed by atoms with van der Waals surface area (Å²) in [6.07, 6.45) is 2.09. The Morgan fingerprint density at radius 3 is 2.86 bits per heavy atom. The number of amides is 1. The Bertz CT molecular complexity index is 695. The lowest BCUT2D eigenvalue weighted by molar-refractivity contribution is 0.102. The molecule has 2 rings (SSSR count). The van der Waals surface area contributed by atoms with Crippen molar-refractivity contribution in [1.29, 1.82) is 0 Å². The Balaban J connectivity index is 2.34. The number of nitrogens with two attached hydrogens (primary N) is 1. The molecule has 0 saturated heterocycles. The number of rotatable bonds is 4. The zero-order chi connectivity index (χ0) is 15.4. The van der Waals surface area contributed by atoms with Gasteiger partial charge in [-0.05, 0) is 24.3 Å². The molecule has 0 atom stereocenters. The summed E-state index contributed by atoms with van der Waals surface area (Å²) in [7, 11) is 0. The van der Waals surface area contributed by atoms with Gasteiger partial charge in [-0.25, -0.2) is 0 Å². The second kappa shape index (κ2) is 6.45. The predicted molar refractivity (Wildman–Crippen MR) is 82.7 cm³/mol. The summed E-state index contributed by atoms with van der Waals surface area (Å²) in [6, 6.07) is 6.68. The number of carbonyl (C=O) groups is 1. The summed E-state index contributed by atoms with van der Waals surface area (Å²) < 4.78 is 5.98. The lowest BCUT2D eigenvalue weighted by atomic mass is 10.1. The van der Waals surface area contributed by atoms with E-state index in [2.05, 4.69) is 26.4 Å². The molecular formula is C14H14BrN3O3. The molecule has 1 aromatic heterocycles. The third-order valence-electron chi connectivity index (χ3n) is 2.92. The van der Waals surface area contributed by atoms with Crippen LogP contribution in [0.15, 0.2) is 44.6 Å². The lowest BCUT2D eigenvalue weighted by Crippen LogP contribution is -2.19. The maximum atomic E-state index is 12.3. The van der Waals surface area contributed by atoms with Crippen LogP contribution in [0.4, 0.5) is 5.69 Å². The average Bonchev–Trinajstić information content (AvgIpc) is 2.96. The molecule has 0 radical (unpaired) electrons. The number of amidine groups is 1. The topological polar surface area (TPSA) is 101 Å². The Hall–Kier alpha value is -2.28. The zero-order valence-corrected chi connectivity index (χ0v) is 12.8. The quantitative estimate of drug-likeness (QED) is 0.341. The molecule has 2 aromatic rings. The first-order valence-corrected chi connectivity index (χ1v) is 7.01. The molecule has 0 unspecified atom stereocenters. The van der Waals surface area contributed by atoms with E-state index in [0.29, 0.717) is 29.0 Å². The molecule has 7 heteroatoms. The first-order chi connectivity index (χ1) is 10.1. The summed E-state index contributed by atoms with van der Waals surface area (Å²) in [5.74, 6) is 0.208. The van der Waals surface area contributed by atoms with Gasteiger partial charge in [-0.3, -0.25) is 4.79 Å². The zero-order valence-electron chi connectivity index (χ0n) is 11.3. The molecule has 0 aliphatic rings. The molecule has 0 aliphatic heterocycles. The minimum absolute atomic E-state index is 0.0884. The van der Waals surface area contributed by atoms with Crippen LogP contribution in [0, 0.1) is 0 Å². The smallest absolute Gasteiger partial charge is 0.259 e. The van der Waals surface area contributed by atoms with E-state index in [0.717, 1.165) is 4.47 Å². The Morgan fingerprint density at radius 1 is 1.43 bits per heavy atom. The number of benzene rings is 1. The molecule has 0 spiro atoms. The molecule has 6 nitrogen and oxygen atoms in total. The molecule has 1 amide bonds. The summed E-state index contributed by atoms with van der Waals surface area (Å²) in [4.78, 5) is 12.3. The van der Waals surface area contributed by atoms with Crippen LogP contribution in [0.3, 0.4) is 0 Å². The standard InChI is InChI=1S/C14H14BrN3O3/c1-2-12-9(5-6-21-12)14(19)17-11-4-3-8(15)7-10(11)13(16)18-20/h3-7,20H,2H2,1H3,(H2,16,18)(H,17,19). The van der Waals surface area contributed by atoms with E-state index >= 15 is 0 Å². The van der Waals surface area contributed by atoms with E-state index in [-0.39, 0.29) is 11.7 Å². The highest BCUT2D eigenvalue weighted by molar-refractivity contribution is 9.10. The lowest BCUT2D eigenvalue weighted by Gasteiger charge is -2.10. The third-order valence-corrected chi connectivity index (χ3v) is 3.42. The molecule has 4 N–H and O–H groups in total. The van der Waals surface area contributed by atoms with E-state index in [1.54, 1.807) is 24.3 Å². The van der Waals surface area contributed by atoms with Crippen LogP contribution in [0.25, 0.3) is 0 Å². The van der Waals surface area contributed by atoms with Crippen molar-refractivity contribution in [3.63, 3.8) is 0 Å². The molecule has 0 aliphatic carbocycles. The van der Waals surface area contributed by atoms with Gasteiger partial charge in [-0.2, -0.15) is 0 Å². The Labute approximate surface area is 129 Å². The fourth-order valence-corrected chi connectivity index (χ4v) is 2.26. The first-order valence-electron chi connectivity index (χ1n) is 6.22. The number of hydrogen-bond donors (Lipinski definition) is 3. The van der Waals surface area contributed by atoms with Gasteiger partial charge < -0.3 is 20.7 Å². The molecule has 21 heavy (non-hydrogen) atoms. The van der Waals surface area contributed by atoms with Crippen LogP contribution >= 0.6 is 15.9 Å². The normalized spacial score (nSPS) is 11.4. The van der Waals surface area contributed by atoms with E-state index in [4.69, 9.17) is 15.4 Å². The highest BCUT2D eigenvalue weighted by Crippen LogP contribution is 2.22. The van der Waals surface area contributed by atoms with Crippen molar-refractivity contribution in [2.75, 3.05) is 5.32 Å². The van der Waals surface area contributed by atoms with Crippen molar-refractivity contribution in [2.24, 2.45) is 10.9 Å². The van der Waals surface area contributed by atoms with Gasteiger partial charge in [0.05, 0.1) is 17.5 Å². The molecule has 110 valence electrons. The molecule has 1 heterocycles. The fraction of sp³-hybridized carbons (Fsp3) is 0.143. The third kappa shape index (κ3) is 3.25. The monoisotopic (exact) mass is 351 g/mol. The maximum Gasteiger partial charge on any atom is 0.259 e. The van der Waals surface area contributed by atoms with Gasteiger partial charge >= 0.3 is 0 Å². The van der Waals surface area contributed by atoms with Crippen LogP contribution < -0.4 is 11.1 Å². The molecular weight excluding hydrogens is 338 g/mol. The SMILES string of the molecule is CCc1occc1C(=O)Nc1ccc(Br)cc1/C(N)=N/O. The van der Waals surface area contributed by atoms with E-state index in [9.17, 15) is 4.79 Å². The highest BCUT2D eigenvalue weighted by atomic mass is 79.9. The van der Waals surface area contributed by atoms with Crippen LogP contribution in [0.2, 0.25) is 0 Å². The van der Waals surface area contributed by atoms with Crippen molar-refractivity contribution in [1.82, 2.24) is 0 Å². The average molecular weight is 352 g/mol. The molecule has 1 aromatic carbocycles. The molecule has 0 saturated carbocycles. The van der Waals surface area contributed by atoms with Gasteiger partial charge in [0.25, 0.3) is 5.91 Å². The number of halogens is 1. The second-order valence-corrected chi connectivity index (χ2v) is 5.16. The van der Waals surface area contributed by atoms with Crippen LogP contribution in [0.1, 0.15) is 28.6 Å². The van der Waals surface area contributed by atoms with Crippen molar-refractivity contribution >= 4 is 33.4 Å². The maximum absolute atomic E-state index is 12.3. The number of furan rings is 1.